The number of anilines is 1. The molecule has 0 radical (unpaired) electrons. The third-order valence-corrected chi connectivity index (χ3v) is 3.43. The van der Waals surface area contributed by atoms with E-state index in [1.807, 2.05) is 6.92 Å². The molecule has 0 heterocycles. The largest absolute Gasteiger partial charge is 0.508 e. The maximum Gasteiger partial charge on any atom is 0.259 e. The van der Waals surface area contributed by atoms with Crippen molar-refractivity contribution in [2.45, 2.75) is 13.8 Å². The Morgan fingerprint density at radius 1 is 1.19 bits per heavy atom. The Bertz CT molecular complexity index is 698. The maximum atomic E-state index is 12.4. The molecule has 0 aliphatic carbocycles. The van der Waals surface area contributed by atoms with Crippen molar-refractivity contribution in [3.05, 3.63) is 52.0 Å². The Morgan fingerprint density at radius 3 is 2.57 bits per heavy atom. The summed E-state index contributed by atoms with van der Waals surface area (Å²) in [6.45, 7) is 3.58. The lowest BCUT2D eigenvalue weighted by Gasteiger charge is -2.12. The number of nitrogens with one attached hydrogen (secondary N) is 1. The quantitative estimate of drug-likeness (QED) is 0.845. The lowest BCUT2D eigenvalue weighted by atomic mass is 10.1. The predicted molar refractivity (Wildman–Crippen MR) is 83.5 cm³/mol. The molecule has 4 nitrogen and oxygen atoms in total. The Balaban J connectivity index is 2.32. The van der Waals surface area contributed by atoms with Gasteiger partial charge in [0.05, 0.1) is 12.7 Å². The highest BCUT2D eigenvalue weighted by Gasteiger charge is 2.14. The van der Waals surface area contributed by atoms with Crippen molar-refractivity contribution in [3.8, 4) is 11.5 Å². The second kappa shape index (κ2) is 6.06. The zero-order valence-electron chi connectivity index (χ0n) is 12.0. The molecule has 0 spiro atoms. The summed E-state index contributed by atoms with van der Waals surface area (Å²) in [5.41, 5.74) is 2.51. The van der Waals surface area contributed by atoms with Gasteiger partial charge in [0, 0.05) is 10.7 Å². The molecule has 0 atom stereocenters. The van der Waals surface area contributed by atoms with Gasteiger partial charge >= 0.3 is 0 Å². The van der Waals surface area contributed by atoms with E-state index < -0.39 is 0 Å². The van der Waals surface area contributed by atoms with Gasteiger partial charge in [-0.3, -0.25) is 4.79 Å². The number of phenolic OH excluding ortho intramolecular Hbond substituents is 1. The van der Waals surface area contributed by atoms with Crippen LogP contribution in [0.4, 0.5) is 5.69 Å². The molecule has 0 saturated carbocycles. The number of hydrogen-bond donors (Lipinski definition) is 2. The second-order valence-corrected chi connectivity index (χ2v) is 5.19. The van der Waals surface area contributed by atoms with E-state index in [2.05, 4.69) is 5.32 Å². The molecule has 0 aromatic heterocycles. The topological polar surface area (TPSA) is 58.6 Å². The Kier molecular flexibility index (Phi) is 4.38. The Morgan fingerprint density at radius 2 is 1.90 bits per heavy atom. The van der Waals surface area contributed by atoms with Crippen LogP contribution in [0.2, 0.25) is 5.02 Å². The molecule has 2 rings (SSSR count). The molecule has 0 bridgehead atoms. The number of hydrogen-bond acceptors (Lipinski definition) is 3. The molecular weight excluding hydrogens is 290 g/mol. The smallest absolute Gasteiger partial charge is 0.259 e. The van der Waals surface area contributed by atoms with Crippen molar-refractivity contribution in [1.29, 1.82) is 0 Å². The van der Waals surface area contributed by atoms with Crippen LogP contribution in [-0.2, 0) is 0 Å². The van der Waals surface area contributed by atoms with Gasteiger partial charge in [-0.05, 0) is 55.3 Å². The normalized spacial score (nSPS) is 10.3. The van der Waals surface area contributed by atoms with Gasteiger partial charge in [0.15, 0.2) is 0 Å². The highest BCUT2D eigenvalue weighted by Crippen LogP contribution is 2.27. The summed E-state index contributed by atoms with van der Waals surface area (Å²) in [7, 11) is 1.48. The van der Waals surface area contributed by atoms with E-state index in [-0.39, 0.29) is 11.7 Å². The molecule has 2 aromatic rings. The van der Waals surface area contributed by atoms with Crippen molar-refractivity contribution in [2.24, 2.45) is 0 Å². The van der Waals surface area contributed by atoms with Gasteiger partial charge in [-0.1, -0.05) is 11.6 Å². The number of ether oxygens (including phenoxy) is 1. The first-order valence-electron chi connectivity index (χ1n) is 6.37. The van der Waals surface area contributed by atoms with Crippen LogP contribution < -0.4 is 10.1 Å². The minimum atomic E-state index is -0.295. The summed E-state index contributed by atoms with van der Waals surface area (Å²) in [6, 6.07) is 8.17. The molecule has 110 valence electrons. The molecular formula is C16H16ClNO3. The zero-order valence-corrected chi connectivity index (χ0v) is 12.8. The van der Waals surface area contributed by atoms with Crippen molar-refractivity contribution in [1.82, 2.24) is 0 Å². The molecule has 0 aliphatic heterocycles. The second-order valence-electron chi connectivity index (χ2n) is 4.75. The number of benzene rings is 2. The first-order valence-corrected chi connectivity index (χ1v) is 6.75. The lowest BCUT2D eigenvalue weighted by molar-refractivity contribution is 0.102. The van der Waals surface area contributed by atoms with Crippen molar-refractivity contribution in [3.63, 3.8) is 0 Å². The lowest BCUT2D eigenvalue weighted by Crippen LogP contribution is -2.14. The van der Waals surface area contributed by atoms with Crippen molar-refractivity contribution >= 4 is 23.2 Å². The van der Waals surface area contributed by atoms with Gasteiger partial charge < -0.3 is 15.2 Å². The molecule has 2 N–H and O–H groups in total. The van der Waals surface area contributed by atoms with E-state index >= 15 is 0 Å². The average molecular weight is 306 g/mol. The molecule has 0 fully saturated rings. The van der Waals surface area contributed by atoms with E-state index in [1.165, 1.54) is 7.11 Å². The van der Waals surface area contributed by atoms with Crippen LogP contribution in [0.5, 0.6) is 11.5 Å². The van der Waals surface area contributed by atoms with Crippen LogP contribution >= 0.6 is 11.6 Å². The number of amides is 1. The number of rotatable bonds is 3. The van der Waals surface area contributed by atoms with Gasteiger partial charge in [-0.2, -0.15) is 0 Å². The van der Waals surface area contributed by atoms with Crippen LogP contribution in [0.1, 0.15) is 21.5 Å². The minimum Gasteiger partial charge on any atom is -0.508 e. The molecule has 2 aromatic carbocycles. The summed E-state index contributed by atoms with van der Waals surface area (Å²) in [5.74, 6) is 0.319. The highest BCUT2D eigenvalue weighted by molar-refractivity contribution is 6.31. The highest BCUT2D eigenvalue weighted by atomic mass is 35.5. The summed E-state index contributed by atoms with van der Waals surface area (Å²) < 4.78 is 5.17. The average Bonchev–Trinajstić information content (AvgIpc) is 2.44. The fourth-order valence-electron chi connectivity index (χ4n) is 1.98. The number of aryl methyl sites for hydroxylation is 2. The summed E-state index contributed by atoms with van der Waals surface area (Å²) in [4.78, 5) is 12.4. The fraction of sp³-hybridized carbons (Fsp3) is 0.188. The van der Waals surface area contributed by atoms with E-state index in [9.17, 15) is 9.90 Å². The predicted octanol–water partition coefficient (Wildman–Crippen LogP) is 3.92. The maximum absolute atomic E-state index is 12.4. The number of carbonyl (C=O) groups excluding carboxylic acids is 1. The Labute approximate surface area is 128 Å². The fourth-order valence-corrected chi connectivity index (χ4v) is 2.14. The molecule has 0 unspecified atom stereocenters. The Hall–Kier alpha value is -2.20. The number of aromatic hydroxyl groups is 1. The SMILES string of the molecule is COc1cc(Cl)ccc1C(=O)Nc1cc(C)c(O)cc1C. The summed E-state index contributed by atoms with van der Waals surface area (Å²) >= 11 is 5.88. The molecule has 5 heteroatoms. The van der Waals surface area contributed by atoms with Gasteiger partial charge in [-0.25, -0.2) is 0 Å². The van der Waals surface area contributed by atoms with E-state index in [1.54, 1.807) is 37.3 Å². The van der Waals surface area contributed by atoms with Crippen LogP contribution in [0.25, 0.3) is 0 Å². The van der Waals surface area contributed by atoms with Crippen molar-refractivity contribution in [2.75, 3.05) is 12.4 Å². The number of phenols is 1. The number of carbonyl (C=O) groups is 1. The third kappa shape index (κ3) is 3.28. The van der Waals surface area contributed by atoms with Gasteiger partial charge in [0.2, 0.25) is 0 Å². The summed E-state index contributed by atoms with van der Waals surface area (Å²) in [5, 5.41) is 13.0. The van der Waals surface area contributed by atoms with Crippen LogP contribution in [0.3, 0.4) is 0 Å². The molecule has 21 heavy (non-hydrogen) atoms. The monoisotopic (exact) mass is 305 g/mol. The van der Waals surface area contributed by atoms with E-state index in [0.29, 0.717) is 27.6 Å². The van der Waals surface area contributed by atoms with Crippen LogP contribution in [-0.4, -0.2) is 18.1 Å². The third-order valence-electron chi connectivity index (χ3n) is 3.20. The molecule has 0 aliphatic rings. The zero-order chi connectivity index (χ0) is 15.6. The van der Waals surface area contributed by atoms with Crippen molar-refractivity contribution < 1.29 is 14.6 Å². The summed E-state index contributed by atoms with van der Waals surface area (Å²) in [6.07, 6.45) is 0. The van der Waals surface area contributed by atoms with Gasteiger partial charge in [0.25, 0.3) is 5.91 Å². The van der Waals surface area contributed by atoms with E-state index in [0.717, 1.165) is 5.56 Å². The van der Waals surface area contributed by atoms with Crippen LogP contribution in [0.15, 0.2) is 30.3 Å². The first kappa shape index (κ1) is 15.2. The number of methoxy groups -OCH3 is 1. The standard InChI is InChI=1S/C16H16ClNO3/c1-9-7-14(19)10(2)6-13(9)18-16(20)12-5-4-11(17)8-15(12)21-3/h4-8,19H,1-3H3,(H,18,20). The van der Waals surface area contributed by atoms with E-state index in [4.69, 9.17) is 16.3 Å². The molecule has 0 saturated heterocycles. The molecule has 1 amide bonds. The van der Waals surface area contributed by atoms with Gasteiger partial charge in [-0.15, -0.1) is 0 Å². The van der Waals surface area contributed by atoms with Crippen LogP contribution in [0, 0.1) is 13.8 Å². The minimum absolute atomic E-state index is 0.203. The van der Waals surface area contributed by atoms with Gasteiger partial charge in [0.1, 0.15) is 11.5 Å². The first-order chi connectivity index (χ1) is 9.92. The number of halogens is 1.